The summed E-state index contributed by atoms with van der Waals surface area (Å²) >= 11 is 0. The second kappa shape index (κ2) is 6.15. The fraction of sp³-hybridized carbons (Fsp3) is 0.333. The molecular formula is C21H22N6O. The third kappa shape index (κ3) is 2.66. The maximum absolute atomic E-state index is 13.3. The van der Waals surface area contributed by atoms with Crippen molar-refractivity contribution in [3.05, 3.63) is 58.8 Å². The van der Waals surface area contributed by atoms with E-state index < -0.39 is 0 Å². The number of rotatable bonds is 2. The molecule has 0 bridgehead atoms. The molecule has 7 nitrogen and oxygen atoms in total. The number of carbonyl (C=O) groups is 1. The van der Waals surface area contributed by atoms with E-state index >= 15 is 0 Å². The largest absolute Gasteiger partial charge is 0.340 e. The summed E-state index contributed by atoms with van der Waals surface area (Å²) in [4.78, 5) is 27.9. The lowest BCUT2D eigenvalue weighted by Gasteiger charge is -2.23. The number of carbonyl (C=O) groups excluding carboxylic acids is 1. The molecule has 1 N–H and O–H groups in total. The lowest BCUT2D eigenvalue weighted by molar-refractivity contribution is 0.0724. The second-order valence-electron chi connectivity index (χ2n) is 7.64. The first-order valence-corrected chi connectivity index (χ1v) is 9.61. The third-order valence-corrected chi connectivity index (χ3v) is 5.43. The molecule has 0 aliphatic carbocycles. The fourth-order valence-electron chi connectivity index (χ4n) is 4.09. The molecule has 1 amide bonds. The number of benzene rings is 1. The van der Waals surface area contributed by atoms with Crippen molar-refractivity contribution in [2.45, 2.75) is 39.7 Å². The Morgan fingerprint density at radius 2 is 2.00 bits per heavy atom. The molecular weight excluding hydrogens is 352 g/mol. The van der Waals surface area contributed by atoms with Crippen molar-refractivity contribution in [3.8, 4) is 0 Å². The molecule has 0 spiro atoms. The summed E-state index contributed by atoms with van der Waals surface area (Å²) in [6, 6.07) is 9.83. The van der Waals surface area contributed by atoms with Crippen LogP contribution in [0.15, 0.2) is 30.3 Å². The number of imidazole rings is 1. The summed E-state index contributed by atoms with van der Waals surface area (Å²) in [5.41, 5.74) is 6.09. The average Bonchev–Trinajstić information content (AvgIpc) is 3.37. The summed E-state index contributed by atoms with van der Waals surface area (Å²) in [7, 11) is 0. The highest BCUT2D eigenvalue weighted by Gasteiger charge is 2.33. The van der Waals surface area contributed by atoms with Crippen LogP contribution in [0.4, 0.5) is 0 Å². The lowest BCUT2D eigenvalue weighted by Crippen LogP contribution is -2.32. The van der Waals surface area contributed by atoms with E-state index in [0.717, 1.165) is 41.1 Å². The van der Waals surface area contributed by atoms with Crippen LogP contribution in [0.1, 0.15) is 52.1 Å². The van der Waals surface area contributed by atoms with Gasteiger partial charge in [-0.3, -0.25) is 4.79 Å². The monoisotopic (exact) mass is 374 g/mol. The average molecular weight is 374 g/mol. The van der Waals surface area contributed by atoms with Crippen LogP contribution in [-0.2, 0) is 0 Å². The van der Waals surface area contributed by atoms with E-state index in [2.05, 4.69) is 34.1 Å². The molecule has 7 heteroatoms. The van der Waals surface area contributed by atoms with E-state index in [4.69, 9.17) is 4.98 Å². The van der Waals surface area contributed by atoms with E-state index in [-0.39, 0.29) is 11.9 Å². The molecule has 0 saturated carbocycles. The lowest BCUT2D eigenvalue weighted by atomic mass is 10.2. The Labute approximate surface area is 162 Å². The summed E-state index contributed by atoms with van der Waals surface area (Å²) in [5.74, 6) is 0.799. The molecule has 1 aliphatic heterocycles. The van der Waals surface area contributed by atoms with Gasteiger partial charge in [-0.15, -0.1) is 0 Å². The van der Waals surface area contributed by atoms with Crippen molar-refractivity contribution in [2.75, 3.05) is 6.54 Å². The number of aryl methyl sites for hydroxylation is 3. The van der Waals surface area contributed by atoms with Crippen LogP contribution in [0.3, 0.4) is 0 Å². The van der Waals surface area contributed by atoms with E-state index in [9.17, 15) is 4.79 Å². The predicted octanol–water partition coefficient (Wildman–Crippen LogP) is 3.51. The number of likely N-dealkylation sites (tertiary alicyclic amines) is 1. The molecule has 1 saturated heterocycles. The molecule has 1 aliphatic rings. The normalized spacial score (nSPS) is 17.1. The zero-order chi connectivity index (χ0) is 19.4. The van der Waals surface area contributed by atoms with Gasteiger partial charge in [0, 0.05) is 18.3 Å². The van der Waals surface area contributed by atoms with E-state index in [1.165, 1.54) is 5.56 Å². The molecule has 1 atom stereocenters. The van der Waals surface area contributed by atoms with Crippen LogP contribution < -0.4 is 0 Å². The highest BCUT2D eigenvalue weighted by molar-refractivity contribution is 5.93. The van der Waals surface area contributed by atoms with Crippen LogP contribution in [0, 0.1) is 20.8 Å². The van der Waals surface area contributed by atoms with Crippen LogP contribution >= 0.6 is 0 Å². The maximum atomic E-state index is 13.3. The van der Waals surface area contributed by atoms with Gasteiger partial charge in [0.2, 0.25) is 0 Å². The minimum Gasteiger partial charge on any atom is -0.340 e. The van der Waals surface area contributed by atoms with E-state index in [0.29, 0.717) is 17.9 Å². The first-order chi connectivity index (χ1) is 13.5. The summed E-state index contributed by atoms with van der Waals surface area (Å²) in [5, 5.41) is 4.42. The topological polar surface area (TPSA) is 79.2 Å². The summed E-state index contributed by atoms with van der Waals surface area (Å²) < 4.78 is 1.77. The SMILES string of the molecule is Cc1ccc2nc([C@@H]3CCCN3C(=O)c3cc(C)n4nc(C)cc4n3)[nH]c2c1. The number of hydrogen-bond acceptors (Lipinski definition) is 4. The first kappa shape index (κ1) is 16.9. The number of nitrogens with zero attached hydrogens (tertiary/aromatic N) is 5. The fourth-order valence-corrected chi connectivity index (χ4v) is 4.09. The Balaban J connectivity index is 1.51. The maximum Gasteiger partial charge on any atom is 0.273 e. The van der Waals surface area contributed by atoms with Crippen molar-refractivity contribution >= 4 is 22.6 Å². The molecule has 4 heterocycles. The van der Waals surface area contributed by atoms with Gasteiger partial charge >= 0.3 is 0 Å². The Bertz CT molecular complexity index is 1220. The third-order valence-electron chi connectivity index (χ3n) is 5.43. The number of H-pyrrole nitrogens is 1. The van der Waals surface area contributed by atoms with Gasteiger partial charge in [0.15, 0.2) is 5.65 Å². The highest BCUT2D eigenvalue weighted by atomic mass is 16.2. The molecule has 5 rings (SSSR count). The molecule has 142 valence electrons. The molecule has 4 aromatic rings. The molecule has 28 heavy (non-hydrogen) atoms. The van der Waals surface area contributed by atoms with Crippen molar-refractivity contribution in [1.29, 1.82) is 0 Å². The smallest absolute Gasteiger partial charge is 0.273 e. The van der Waals surface area contributed by atoms with Gasteiger partial charge in [0.1, 0.15) is 11.5 Å². The summed E-state index contributed by atoms with van der Waals surface area (Å²) in [6.45, 7) is 6.65. The van der Waals surface area contributed by atoms with Gasteiger partial charge in [0.05, 0.1) is 22.8 Å². The van der Waals surface area contributed by atoms with Crippen molar-refractivity contribution in [2.24, 2.45) is 0 Å². The van der Waals surface area contributed by atoms with Gasteiger partial charge in [-0.05, 0) is 57.4 Å². The van der Waals surface area contributed by atoms with Crippen LogP contribution in [0.2, 0.25) is 0 Å². The second-order valence-corrected chi connectivity index (χ2v) is 7.64. The zero-order valence-corrected chi connectivity index (χ0v) is 16.2. The van der Waals surface area contributed by atoms with E-state index in [1.807, 2.05) is 36.9 Å². The molecule has 3 aromatic heterocycles. The highest BCUT2D eigenvalue weighted by Crippen LogP contribution is 2.32. The van der Waals surface area contributed by atoms with Crippen molar-refractivity contribution < 1.29 is 4.79 Å². The molecule has 1 aromatic carbocycles. The minimum atomic E-state index is -0.0522. The van der Waals surface area contributed by atoms with Crippen molar-refractivity contribution in [1.82, 2.24) is 29.5 Å². The van der Waals surface area contributed by atoms with Crippen LogP contribution in [0.25, 0.3) is 16.7 Å². The van der Waals surface area contributed by atoms with Gasteiger partial charge in [-0.25, -0.2) is 14.5 Å². The number of nitrogens with one attached hydrogen (secondary N) is 1. The Kier molecular flexibility index (Phi) is 3.72. The number of aromatic nitrogens is 5. The van der Waals surface area contributed by atoms with E-state index in [1.54, 1.807) is 4.52 Å². The molecule has 0 unspecified atom stereocenters. The number of hydrogen-bond donors (Lipinski definition) is 1. The number of amides is 1. The van der Waals surface area contributed by atoms with Gasteiger partial charge in [-0.1, -0.05) is 6.07 Å². The zero-order valence-electron chi connectivity index (χ0n) is 16.2. The minimum absolute atomic E-state index is 0.0508. The number of aromatic amines is 1. The predicted molar refractivity (Wildman–Crippen MR) is 106 cm³/mol. The molecule has 1 fully saturated rings. The van der Waals surface area contributed by atoms with Crippen molar-refractivity contribution in [3.63, 3.8) is 0 Å². The van der Waals surface area contributed by atoms with Gasteiger partial charge in [0.25, 0.3) is 5.91 Å². The van der Waals surface area contributed by atoms with Gasteiger partial charge < -0.3 is 9.88 Å². The van der Waals surface area contributed by atoms with Crippen LogP contribution in [0.5, 0.6) is 0 Å². The van der Waals surface area contributed by atoms with Crippen LogP contribution in [-0.4, -0.2) is 41.9 Å². The first-order valence-electron chi connectivity index (χ1n) is 9.61. The quantitative estimate of drug-likeness (QED) is 0.582. The molecule has 0 radical (unpaired) electrons. The Morgan fingerprint density at radius 1 is 1.14 bits per heavy atom. The Morgan fingerprint density at radius 3 is 2.86 bits per heavy atom. The standard InChI is InChI=1S/C21H22N6O/c1-12-6-7-15-16(9-12)24-20(23-15)18-5-4-8-26(18)21(28)17-11-14(3)27-19(22-17)10-13(2)25-27/h6-7,9-11,18H,4-5,8H2,1-3H3,(H,23,24)/t18-/m0/s1. The number of fused-ring (bicyclic) bond motifs is 2. The summed E-state index contributed by atoms with van der Waals surface area (Å²) in [6.07, 6.45) is 1.86. The van der Waals surface area contributed by atoms with Gasteiger partial charge in [-0.2, -0.15) is 5.10 Å². The Hall–Kier alpha value is -3.22.